The summed E-state index contributed by atoms with van der Waals surface area (Å²) in [6, 6.07) is 0. The fraction of sp³-hybridized carbons (Fsp3) is 0.739. The Kier molecular flexibility index (Phi) is 4.40. The number of rotatable bonds is 2. The normalized spacial score (nSPS) is 43.3. The maximum atomic E-state index is 12.0. The van der Waals surface area contributed by atoms with Gasteiger partial charge in [-0.2, -0.15) is 0 Å². The first-order valence-corrected chi connectivity index (χ1v) is 10.5. The molecular weight excluding hydrogens is 324 g/mol. The molecule has 0 amide bonds. The Morgan fingerprint density at radius 2 is 1.88 bits per heavy atom. The first kappa shape index (κ1) is 18.0. The molecule has 5 atom stereocenters. The first-order chi connectivity index (χ1) is 12.4. The first-order valence-electron chi connectivity index (χ1n) is 10.5. The Hall–Kier alpha value is -1.38. The van der Waals surface area contributed by atoms with Gasteiger partial charge in [-0.05, 0) is 86.5 Å². The molecule has 4 aliphatic carbocycles. The molecule has 0 spiro atoms. The molecule has 4 rings (SSSR count). The monoisotopic (exact) mass is 356 g/mol. The molecule has 0 saturated heterocycles. The van der Waals surface area contributed by atoms with Gasteiger partial charge in [-0.15, -0.1) is 0 Å². The molecule has 0 aliphatic heterocycles. The number of fused-ring (bicyclic) bond motifs is 5. The zero-order valence-electron chi connectivity index (χ0n) is 16.5. The Labute approximate surface area is 157 Å². The maximum absolute atomic E-state index is 12.0. The maximum Gasteiger partial charge on any atom is 0.330 e. The van der Waals surface area contributed by atoms with Gasteiger partial charge in [0, 0.05) is 12.5 Å². The van der Waals surface area contributed by atoms with Crippen LogP contribution in [-0.2, 0) is 14.3 Å². The van der Waals surface area contributed by atoms with Crippen LogP contribution in [0.25, 0.3) is 0 Å². The molecule has 0 aromatic rings. The molecule has 0 radical (unpaired) electrons. The summed E-state index contributed by atoms with van der Waals surface area (Å²) in [5, 5.41) is 0. The van der Waals surface area contributed by atoms with Crippen LogP contribution in [0.5, 0.6) is 0 Å². The minimum Gasteiger partial charge on any atom is -0.463 e. The van der Waals surface area contributed by atoms with E-state index in [-0.39, 0.29) is 16.8 Å². The highest BCUT2D eigenvalue weighted by Gasteiger charge is 2.57. The number of hydrogen-bond donors (Lipinski definition) is 0. The lowest BCUT2D eigenvalue weighted by molar-refractivity contribution is -0.137. The van der Waals surface area contributed by atoms with Gasteiger partial charge in [0.15, 0.2) is 5.78 Å². The van der Waals surface area contributed by atoms with Crippen LogP contribution in [0.2, 0.25) is 0 Å². The summed E-state index contributed by atoms with van der Waals surface area (Å²) in [6.45, 7) is 7.13. The number of ketones is 1. The second-order valence-electron chi connectivity index (χ2n) is 9.39. The Morgan fingerprint density at radius 3 is 2.65 bits per heavy atom. The summed E-state index contributed by atoms with van der Waals surface area (Å²) < 4.78 is 5.18. The number of carbonyl (C=O) groups is 2. The van der Waals surface area contributed by atoms with Gasteiger partial charge >= 0.3 is 5.97 Å². The molecule has 142 valence electrons. The van der Waals surface area contributed by atoms with Gasteiger partial charge in [0.1, 0.15) is 0 Å². The van der Waals surface area contributed by atoms with Crippen molar-refractivity contribution in [3.63, 3.8) is 0 Å². The SMILES string of the molecule is CCOC(=O)C=C1CC[C@H]2[C@@H]3CCC4=CC(=O)CC[C@]4(C)[C@H]3CC[C@]12C. The quantitative estimate of drug-likeness (QED) is 0.516. The topological polar surface area (TPSA) is 43.4 Å². The van der Waals surface area contributed by atoms with Gasteiger partial charge in [-0.3, -0.25) is 4.79 Å². The Balaban J connectivity index is 1.61. The minimum absolute atomic E-state index is 0.163. The third-order valence-electron chi connectivity index (χ3n) is 8.39. The lowest BCUT2D eigenvalue weighted by atomic mass is 9.47. The number of carbonyl (C=O) groups excluding carboxylic acids is 2. The molecule has 26 heavy (non-hydrogen) atoms. The van der Waals surface area contributed by atoms with Crippen LogP contribution in [0.3, 0.4) is 0 Å². The van der Waals surface area contributed by atoms with E-state index in [1.54, 1.807) is 6.08 Å². The number of allylic oxidation sites excluding steroid dienone is 2. The van der Waals surface area contributed by atoms with E-state index in [0.29, 0.717) is 24.2 Å². The van der Waals surface area contributed by atoms with E-state index in [1.165, 1.54) is 36.8 Å². The van der Waals surface area contributed by atoms with E-state index in [9.17, 15) is 9.59 Å². The summed E-state index contributed by atoms with van der Waals surface area (Å²) in [7, 11) is 0. The zero-order chi connectivity index (χ0) is 18.5. The third-order valence-corrected chi connectivity index (χ3v) is 8.39. The standard InChI is InChI=1S/C23H32O3/c1-4-26-21(25)14-16-6-8-19-18-7-5-15-13-17(24)9-11-22(15,2)20(18)10-12-23(16,19)3/h13-14,18-20H,4-12H2,1-3H3/t18-,19-,20-,22-,23+/m0/s1. The van der Waals surface area contributed by atoms with E-state index in [4.69, 9.17) is 4.74 Å². The lowest BCUT2D eigenvalue weighted by Crippen LogP contribution is -2.49. The molecule has 3 fully saturated rings. The number of hydrogen-bond acceptors (Lipinski definition) is 3. The predicted octanol–water partition coefficient (Wildman–Crippen LogP) is 5.01. The lowest BCUT2D eigenvalue weighted by Gasteiger charge is -2.57. The van der Waals surface area contributed by atoms with E-state index < -0.39 is 0 Å². The second kappa shape index (κ2) is 6.35. The average molecular weight is 357 g/mol. The van der Waals surface area contributed by atoms with Gasteiger partial charge in [0.25, 0.3) is 0 Å². The van der Waals surface area contributed by atoms with Gasteiger partial charge in [-0.25, -0.2) is 4.79 Å². The van der Waals surface area contributed by atoms with Crippen LogP contribution in [0.4, 0.5) is 0 Å². The third kappa shape index (κ3) is 2.61. The summed E-state index contributed by atoms with van der Waals surface area (Å²) in [4.78, 5) is 24.0. The molecule has 4 aliphatic rings. The van der Waals surface area contributed by atoms with Crippen molar-refractivity contribution in [3.05, 3.63) is 23.3 Å². The van der Waals surface area contributed by atoms with Crippen molar-refractivity contribution >= 4 is 11.8 Å². The highest BCUT2D eigenvalue weighted by Crippen LogP contribution is 2.66. The highest BCUT2D eigenvalue weighted by atomic mass is 16.5. The van der Waals surface area contributed by atoms with Crippen LogP contribution >= 0.6 is 0 Å². The van der Waals surface area contributed by atoms with Crippen LogP contribution in [0, 0.1) is 28.6 Å². The fourth-order valence-corrected chi connectivity index (χ4v) is 6.97. The largest absolute Gasteiger partial charge is 0.463 e. The van der Waals surface area contributed by atoms with Crippen LogP contribution in [-0.4, -0.2) is 18.4 Å². The van der Waals surface area contributed by atoms with Crippen LogP contribution in [0.15, 0.2) is 23.3 Å². The molecule has 0 N–H and O–H groups in total. The smallest absolute Gasteiger partial charge is 0.330 e. The molecule has 0 aromatic carbocycles. The van der Waals surface area contributed by atoms with Crippen molar-refractivity contribution in [2.24, 2.45) is 28.6 Å². The van der Waals surface area contributed by atoms with Crippen molar-refractivity contribution in [1.82, 2.24) is 0 Å². The van der Waals surface area contributed by atoms with Crippen LogP contribution in [0.1, 0.15) is 72.1 Å². The van der Waals surface area contributed by atoms with Crippen molar-refractivity contribution in [3.8, 4) is 0 Å². The van der Waals surface area contributed by atoms with Gasteiger partial charge in [0.2, 0.25) is 0 Å². The Bertz CT molecular complexity index is 688. The van der Waals surface area contributed by atoms with Crippen LogP contribution < -0.4 is 0 Å². The molecule has 3 saturated carbocycles. The van der Waals surface area contributed by atoms with E-state index in [2.05, 4.69) is 13.8 Å². The summed E-state index contributed by atoms with van der Waals surface area (Å²) in [5.41, 5.74) is 3.14. The molecule has 0 heterocycles. The molecule has 0 bridgehead atoms. The van der Waals surface area contributed by atoms with Gasteiger partial charge < -0.3 is 4.74 Å². The summed E-state index contributed by atoms with van der Waals surface area (Å²) in [5.74, 6) is 2.28. The molecule has 0 unspecified atom stereocenters. The molecule has 3 heteroatoms. The summed E-state index contributed by atoms with van der Waals surface area (Å²) >= 11 is 0. The van der Waals surface area contributed by atoms with E-state index in [0.717, 1.165) is 31.6 Å². The van der Waals surface area contributed by atoms with Crippen molar-refractivity contribution in [2.45, 2.75) is 72.1 Å². The van der Waals surface area contributed by atoms with Crippen molar-refractivity contribution in [2.75, 3.05) is 6.61 Å². The molecular formula is C23H32O3. The van der Waals surface area contributed by atoms with E-state index in [1.807, 2.05) is 13.0 Å². The predicted molar refractivity (Wildman–Crippen MR) is 101 cm³/mol. The molecule has 3 nitrogen and oxygen atoms in total. The van der Waals surface area contributed by atoms with Crippen molar-refractivity contribution < 1.29 is 14.3 Å². The molecule has 0 aromatic heterocycles. The van der Waals surface area contributed by atoms with Gasteiger partial charge in [0.05, 0.1) is 6.61 Å². The fourth-order valence-electron chi connectivity index (χ4n) is 6.97. The summed E-state index contributed by atoms with van der Waals surface area (Å²) in [6.07, 6.45) is 12.5. The number of ether oxygens (including phenoxy) is 1. The van der Waals surface area contributed by atoms with Crippen molar-refractivity contribution in [1.29, 1.82) is 0 Å². The van der Waals surface area contributed by atoms with E-state index >= 15 is 0 Å². The minimum atomic E-state index is -0.168. The second-order valence-corrected chi connectivity index (χ2v) is 9.39. The number of esters is 1. The highest BCUT2D eigenvalue weighted by molar-refractivity contribution is 5.91. The average Bonchev–Trinajstić information content (AvgIpc) is 2.92. The Morgan fingerprint density at radius 1 is 1.12 bits per heavy atom. The zero-order valence-corrected chi connectivity index (χ0v) is 16.5. The van der Waals surface area contributed by atoms with Gasteiger partial charge in [-0.1, -0.05) is 25.0 Å².